The molecule has 1 N–H and O–H groups in total. The third-order valence-corrected chi connectivity index (χ3v) is 3.98. The second kappa shape index (κ2) is 7.61. The molecule has 0 spiro atoms. The molecule has 1 aromatic heterocycles. The van der Waals surface area contributed by atoms with Crippen LogP contribution in [-0.2, 0) is 11.8 Å². The van der Waals surface area contributed by atoms with Gasteiger partial charge in [-0.2, -0.15) is 0 Å². The van der Waals surface area contributed by atoms with E-state index in [9.17, 15) is 4.79 Å². The molecule has 1 aliphatic rings. The van der Waals surface area contributed by atoms with Gasteiger partial charge in [0, 0.05) is 38.9 Å². The third kappa shape index (κ3) is 4.58. The predicted molar refractivity (Wildman–Crippen MR) is 83.4 cm³/mol. The van der Waals surface area contributed by atoms with Crippen molar-refractivity contribution in [3.63, 3.8) is 0 Å². The highest BCUT2D eigenvalue weighted by atomic mass is 16.5. The van der Waals surface area contributed by atoms with Gasteiger partial charge < -0.3 is 14.6 Å². The first-order valence-electron chi connectivity index (χ1n) is 7.79. The number of morpholine rings is 1. The van der Waals surface area contributed by atoms with Crippen molar-refractivity contribution >= 4 is 5.91 Å². The summed E-state index contributed by atoms with van der Waals surface area (Å²) in [5.41, 5.74) is 0.709. The fourth-order valence-electron chi connectivity index (χ4n) is 2.85. The van der Waals surface area contributed by atoms with E-state index in [1.807, 2.05) is 29.9 Å². The second-order valence-electron chi connectivity index (χ2n) is 6.15. The molecule has 1 fully saturated rings. The lowest BCUT2D eigenvalue weighted by atomic mass is 10.0. The Labute approximate surface area is 127 Å². The number of amides is 1. The molecule has 0 saturated carbocycles. The molecule has 21 heavy (non-hydrogen) atoms. The van der Waals surface area contributed by atoms with E-state index in [1.54, 1.807) is 0 Å². The minimum absolute atomic E-state index is 0.00418. The van der Waals surface area contributed by atoms with Gasteiger partial charge in [-0.1, -0.05) is 13.8 Å². The Kier molecular flexibility index (Phi) is 5.82. The highest BCUT2D eigenvalue weighted by Gasteiger charge is 2.22. The van der Waals surface area contributed by atoms with Crippen LogP contribution in [0.1, 0.15) is 30.8 Å². The summed E-state index contributed by atoms with van der Waals surface area (Å²) in [5, 5.41) is 3.09. The summed E-state index contributed by atoms with van der Waals surface area (Å²) in [6.45, 7) is 8.65. The van der Waals surface area contributed by atoms with Crippen molar-refractivity contribution in [1.82, 2.24) is 14.8 Å². The Hall–Kier alpha value is -1.33. The average molecular weight is 293 g/mol. The zero-order chi connectivity index (χ0) is 15.2. The second-order valence-corrected chi connectivity index (χ2v) is 6.15. The molecule has 0 aliphatic carbocycles. The maximum Gasteiger partial charge on any atom is 0.267 e. The Balaban J connectivity index is 1.92. The maximum absolute atomic E-state index is 12.2. The van der Waals surface area contributed by atoms with Crippen molar-refractivity contribution in [2.24, 2.45) is 13.0 Å². The fourth-order valence-corrected chi connectivity index (χ4v) is 2.85. The summed E-state index contributed by atoms with van der Waals surface area (Å²) in [7, 11) is 1.89. The van der Waals surface area contributed by atoms with E-state index in [2.05, 4.69) is 24.1 Å². The van der Waals surface area contributed by atoms with Gasteiger partial charge in [-0.3, -0.25) is 9.69 Å². The SMILES string of the molecule is CC(C)CC(CNC(=O)c1cccn1C)N1CCOCC1. The Bertz CT molecular complexity index is 450. The molecule has 1 unspecified atom stereocenters. The van der Waals surface area contributed by atoms with Crippen molar-refractivity contribution < 1.29 is 9.53 Å². The molecular formula is C16H27N3O2. The van der Waals surface area contributed by atoms with Crippen LogP contribution in [0.4, 0.5) is 0 Å². The first kappa shape index (κ1) is 16.0. The monoisotopic (exact) mass is 293 g/mol. The third-order valence-electron chi connectivity index (χ3n) is 3.98. The van der Waals surface area contributed by atoms with Crippen LogP contribution in [-0.4, -0.2) is 54.3 Å². The minimum Gasteiger partial charge on any atom is -0.379 e. The van der Waals surface area contributed by atoms with Crippen LogP contribution in [0.15, 0.2) is 18.3 Å². The standard InChI is InChI=1S/C16H27N3O2/c1-13(2)11-14(19-7-9-21-10-8-19)12-17-16(20)15-5-4-6-18(15)3/h4-6,13-14H,7-12H2,1-3H3,(H,17,20). The summed E-state index contributed by atoms with van der Waals surface area (Å²) < 4.78 is 7.27. The topological polar surface area (TPSA) is 46.5 Å². The minimum atomic E-state index is 0.00418. The molecule has 2 heterocycles. The summed E-state index contributed by atoms with van der Waals surface area (Å²) in [6, 6.07) is 4.13. The first-order valence-corrected chi connectivity index (χ1v) is 7.79. The van der Waals surface area contributed by atoms with Gasteiger partial charge in [0.25, 0.3) is 5.91 Å². The van der Waals surface area contributed by atoms with Crippen LogP contribution >= 0.6 is 0 Å². The van der Waals surface area contributed by atoms with Crippen LogP contribution in [0, 0.1) is 5.92 Å². The molecule has 5 nitrogen and oxygen atoms in total. The highest BCUT2D eigenvalue weighted by Crippen LogP contribution is 2.13. The number of rotatable bonds is 6. The number of ether oxygens (including phenoxy) is 1. The molecule has 0 bridgehead atoms. The van der Waals surface area contributed by atoms with E-state index in [4.69, 9.17) is 4.74 Å². The lowest BCUT2D eigenvalue weighted by molar-refractivity contribution is 0.0124. The number of aromatic nitrogens is 1. The summed E-state index contributed by atoms with van der Waals surface area (Å²) in [5.74, 6) is 0.620. The Morgan fingerprint density at radius 1 is 1.38 bits per heavy atom. The van der Waals surface area contributed by atoms with E-state index in [-0.39, 0.29) is 5.91 Å². The molecule has 5 heteroatoms. The number of nitrogens with one attached hydrogen (secondary N) is 1. The number of carbonyl (C=O) groups excluding carboxylic acids is 1. The van der Waals surface area contributed by atoms with E-state index < -0.39 is 0 Å². The Morgan fingerprint density at radius 2 is 2.10 bits per heavy atom. The molecule has 0 aromatic carbocycles. The van der Waals surface area contributed by atoms with Crippen LogP contribution in [0.5, 0.6) is 0 Å². The van der Waals surface area contributed by atoms with E-state index in [0.717, 1.165) is 32.7 Å². The normalized spacial score (nSPS) is 17.9. The van der Waals surface area contributed by atoms with Gasteiger partial charge in [0.05, 0.1) is 13.2 Å². The molecule has 1 aromatic rings. The van der Waals surface area contributed by atoms with Gasteiger partial charge >= 0.3 is 0 Å². The van der Waals surface area contributed by atoms with Crippen molar-refractivity contribution in [3.8, 4) is 0 Å². The van der Waals surface area contributed by atoms with Crippen molar-refractivity contribution in [3.05, 3.63) is 24.0 Å². The summed E-state index contributed by atoms with van der Waals surface area (Å²) >= 11 is 0. The molecule has 1 aliphatic heterocycles. The van der Waals surface area contributed by atoms with Gasteiger partial charge in [-0.15, -0.1) is 0 Å². The van der Waals surface area contributed by atoms with Crippen molar-refractivity contribution in [2.75, 3.05) is 32.8 Å². The van der Waals surface area contributed by atoms with Crippen molar-refractivity contribution in [2.45, 2.75) is 26.3 Å². The summed E-state index contributed by atoms with van der Waals surface area (Å²) in [6.07, 6.45) is 2.98. The number of nitrogens with zero attached hydrogens (tertiary/aromatic N) is 2. The zero-order valence-electron chi connectivity index (χ0n) is 13.3. The van der Waals surface area contributed by atoms with Gasteiger partial charge in [0.15, 0.2) is 0 Å². The predicted octanol–water partition coefficient (Wildman–Crippen LogP) is 1.50. The smallest absolute Gasteiger partial charge is 0.267 e. The lowest BCUT2D eigenvalue weighted by Gasteiger charge is -2.35. The molecule has 118 valence electrons. The van der Waals surface area contributed by atoms with Crippen LogP contribution < -0.4 is 5.32 Å². The number of hydrogen-bond acceptors (Lipinski definition) is 3. The summed E-state index contributed by atoms with van der Waals surface area (Å²) in [4.78, 5) is 14.7. The van der Waals surface area contributed by atoms with Crippen LogP contribution in [0.25, 0.3) is 0 Å². The van der Waals surface area contributed by atoms with Gasteiger partial charge in [0.2, 0.25) is 0 Å². The molecule has 2 rings (SSSR count). The van der Waals surface area contributed by atoms with Crippen molar-refractivity contribution in [1.29, 1.82) is 0 Å². The quantitative estimate of drug-likeness (QED) is 0.864. The van der Waals surface area contributed by atoms with Crippen LogP contribution in [0.2, 0.25) is 0 Å². The van der Waals surface area contributed by atoms with E-state index >= 15 is 0 Å². The Morgan fingerprint density at radius 3 is 2.67 bits per heavy atom. The lowest BCUT2D eigenvalue weighted by Crippen LogP contribution is -2.49. The van der Waals surface area contributed by atoms with Crippen LogP contribution in [0.3, 0.4) is 0 Å². The number of hydrogen-bond donors (Lipinski definition) is 1. The average Bonchev–Trinajstić information content (AvgIpc) is 2.90. The fraction of sp³-hybridized carbons (Fsp3) is 0.688. The number of carbonyl (C=O) groups is 1. The molecule has 0 radical (unpaired) electrons. The molecule has 1 saturated heterocycles. The molecule has 1 amide bonds. The largest absolute Gasteiger partial charge is 0.379 e. The van der Waals surface area contributed by atoms with E-state index in [1.165, 1.54) is 0 Å². The first-order chi connectivity index (χ1) is 10.1. The maximum atomic E-state index is 12.2. The molecular weight excluding hydrogens is 266 g/mol. The van der Waals surface area contributed by atoms with Gasteiger partial charge in [-0.05, 0) is 24.5 Å². The number of aryl methyl sites for hydroxylation is 1. The van der Waals surface area contributed by atoms with E-state index in [0.29, 0.717) is 24.2 Å². The van der Waals surface area contributed by atoms with Gasteiger partial charge in [0.1, 0.15) is 5.69 Å². The molecule has 1 atom stereocenters. The highest BCUT2D eigenvalue weighted by molar-refractivity contribution is 5.92. The van der Waals surface area contributed by atoms with Gasteiger partial charge in [-0.25, -0.2) is 0 Å². The zero-order valence-corrected chi connectivity index (χ0v) is 13.3.